The predicted octanol–water partition coefficient (Wildman–Crippen LogP) is 0.589. The monoisotopic (exact) mass is 126 g/mol. The molecule has 0 aliphatic carbocycles. The van der Waals surface area contributed by atoms with Crippen LogP contribution in [0.5, 0.6) is 0 Å². The van der Waals surface area contributed by atoms with E-state index < -0.39 is 0 Å². The third-order valence-corrected chi connectivity index (χ3v) is 2.38. The Bertz CT molecular complexity index is 136. The standard InChI is InChI=1S/C8H15N/c1-7-5-4-6-9(3)8(7)2/h4-6H2,1-3H3/p+1. The molecule has 1 heterocycles. The average molecular weight is 126 g/mol. The van der Waals surface area contributed by atoms with Gasteiger partial charge in [-0.1, -0.05) is 0 Å². The Kier molecular flexibility index (Phi) is 1.91. The molecule has 0 radical (unpaired) electrons. The van der Waals surface area contributed by atoms with Crippen molar-refractivity contribution in [1.82, 2.24) is 0 Å². The van der Waals surface area contributed by atoms with E-state index in [9.17, 15) is 0 Å². The molecule has 0 bridgehead atoms. The first kappa shape index (κ1) is 6.81. The van der Waals surface area contributed by atoms with Crippen molar-refractivity contribution in [2.75, 3.05) is 13.6 Å². The van der Waals surface area contributed by atoms with Crippen LogP contribution in [-0.2, 0) is 0 Å². The Morgan fingerprint density at radius 1 is 1.33 bits per heavy atom. The van der Waals surface area contributed by atoms with Crippen molar-refractivity contribution < 1.29 is 4.90 Å². The fraction of sp³-hybridized carbons (Fsp3) is 0.750. The highest BCUT2D eigenvalue weighted by Crippen LogP contribution is 2.08. The van der Waals surface area contributed by atoms with Crippen LogP contribution >= 0.6 is 0 Å². The summed E-state index contributed by atoms with van der Waals surface area (Å²) in [5.41, 5.74) is 3.15. The zero-order chi connectivity index (χ0) is 6.85. The summed E-state index contributed by atoms with van der Waals surface area (Å²) in [5, 5.41) is 0. The minimum absolute atomic E-state index is 1.32. The van der Waals surface area contributed by atoms with Gasteiger partial charge >= 0.3 is 0 Å². The number of hydrogen-bond donors (Lipinski definition) is 1. The zero-order valence-electron chi connectivity index (χ0n) is 6.62. The molecule has 0 amide bonds. The number of rotatable bonds is 0. The highest BCUT2D eigenvalue weighted by Gasteiger charge is 2.13. The van der Waals surface area contributed by atoms with E-state index in [1.807, 2.05) is 0 Å². The highest BCUT2D eigenvalue weighted by molar-refractivity contribution is 5.03. The maximum absolute atomic E-state index is 2.25. The number of nitrogens with one attached hydrogen (secondary N) is 1. The SMILES string of the molecule is CC1=C(C)[NH+](C)CCC1. The van der Waals surface area contributed by atoms with E-state index in [0.717, 1.165) is 0 Å². The summed E-state index contributed by atoms with van der Waals surface area (Å²) in [6.45, 7) is 5.81. The second-order valence-electron chi connectivity index (χ2n) is 3.04. The Labute approximate surface area is 57.4 Å². The van der Waals surface area contributed by atoms with Gasteiger partial charge in [-0.05, 0) is 18.9 Å². The van der Waals surface area contributed by atoms with Crippen molar-refractivity contribution in [3.63, 3.8) is 0 Å². The molecule has 52 valence electrons. The summed E-state index contributed by atoms with van der Waals surface area (Å²) in [6, 6.07) is 0. The van der Waals surface area contributed by atoms with Gasteiger partial charge < -0.3 is 4.90 Å². The van der Waals surface area contributed by atoms with Gasteiger partial charge in [0, 0.05) is 13.3 Å². The van der Waals surface area contributed by atoms with Gasteiger partial charge in [0.1, 0.15) is 5.70 Å². The van der Waals surface area contributed by atoms with Gasteiger partial charge in [0.05, 0.1) is 13.6 Å². The van der Waals surface area contributed by atoms with E-state index in [4.69, 9.17) is 0 Å². The molecule has 0 spiro atoms. The smallest absolute Gasteiger partial charge is 0.103 e. The van der Waals surface area contributed by atoms with Gasteiger partial charge in [-0.15, -0.1) is 0 Å². The second kappa shape index (κ2) is 2.53. The van der Waals surface area contributed by atoms with E-state index >= 15 is 0 Å². The fourth-order valence-electron chi connectivity index (χ4n) is 1.36. The van der Waals surface area contributed by atoms with Gasteiger partial charge in [0.2, 0.25) is 0 Å². The van der Waals surface area contributed by atoms with Gasteiger partial charge in [0.15, 0.2) is 0 Å². The molecule has 1 N–H and O–H groups in total. The van der Waals surface area contributed by atoms with Crippen molar-refractivity contribution in [3.05, 3.63) is 11.3 Å². The minimum atomic E-state index is 1.32. The van der Waals surface area contributed by atoms with Crippen molar-refractivity contribution in [2.24, 2.45) is 0 Å². The minimum Gasteiger partial charge on any atom is -0.309 e. The molecule has 9 heavy (non-hydrogen) atoms. The van der Waals surface area contributed by atoms with Crippen LogP contribution in [-0.4, -0.2) is 13.6 Å². The van der Waals surface area contributed by atoms with Gasteiger partial charge in [-0.25, -0.2) is 0 Å². The zero-order valence-corrected chi connectivity index (χ0v) is 6.62. The third-order valence-electron chi connectivity index (χ3n) is 2.38. The van der Waals surface area contributed by atoms with Gasteiger partial charge in [0.25, 0.3) is 0 Å². The highest BCUT2D eigenvalue weighted by atomic mass is 15.1. The number of quaternary nitrogens is 1. The molecule has 1 heteroatoms. The number of hydrogen-bond acceptors (Lipinski definition) is 0. The normalized spacial score (nSPS) is 29.0. The molecule has 0 saturated heterocycles. The lowest BCUT2D eigenvalue weighted by Crippen LogP contribution is -3.07. The van der Waals surface area contributed by atoms with E-state index in [1.165, 1.54) is 19.4 Å². The maximum Gasteiger partial charge on any atom is 0.103 e. The summed E-state index contributed by atoms with van der Waals surface area (Å²) >= 11 is 0. The van der Waals surface area contributed by atoms with E-state index in [2.05, 4.69) is 20.9 Å². The van der Waals surface area contributed by atoms with E-state index in [1.54, 1.807) is 16.2 Å². The molecule has 1 rings (SSSR count). The molecule has 1 unspecified atom stereocenters. The van der Waals surface area contributed by atoms with Crippen molar-refractivity contribution >= 4 is 0 Å². The molecule has 0 aromatic heterocycles. The Morgan fingerprint density at radius 2 is 2.00 bits per heavy atom. The second-order valence-corrected chi connectivity index (χ2v) is 3.04. The van der Waals surface area contributed by atoms with Crippen LogP contribution in [0.1, 0.15) is 26.7 Å². The average Bonchev–Trinajstić information content (AvgIpc) is 1.83. The third kappa shape index (κ3) is 1.33. The Balaban J connectivity index is 2.72. The largest absolute Gasteiger partial charge is 0.309 e. The van der Waals surface area contributed by atoms with Gasteiger partial charge in [-0.2, -0.15) is 0 Å². The Morgan fingerprint density at radius 3 is 2.44 bits per heavy atom. The molecule has 1 aliphatic heterocycles. The van der Waals surface area contributed by atoms with Crippen LogP contribution in [0, 0.1) is 0 Å². The lowest BCUT2D eigenvalue weighted by atomic mass is 10.1. The summed E-state index contributed by atoms with van der Waals surface area (Å²) in [5.74, 6) is 0. The lowest BCUT2D eigenvalue weighted by molar-refractivity contribution is -0.842. The molecular formula is C8H16N+. The quantitative estimate of drug-likeness (QED) is 0.484. The van der Waals surface area contributed by atoms with E-state index in [-0.39, 0.29) is 0 Å². The van der Waals surface area contributed by atoms with Crippen LogP contribution in [0.25, 0.3) is 0 Å². The van der Waals surface area contributed by atoms with Crippen LogP contribution < -0.4 is 4.90 Å². The van der Waals surface area contributed by atoms with Crippen LogP contribution in [0.15, 0.2) is 11.3 Å². The van der Waals surface area contributed by atoms with Crippen LogP contribution in [0.2, 0.25) is 0 Å². The molecule has 1 atom stereocenters. The Hall–Kier alpha value is -0.300. The topological polar surface area (TPSA) is 4.44 Å². The predicted molar refractivity (Wildman–Crippen MR) is 39.4 cm³/mol. The fourth-order valence-corrected chi connectivity index (χ4v) is 1.36. The molecule has 0 fully saturated rings. The first-order chi connectivity index (χ1) is 4.22. The molecular weight excluding hydrogens is 110 g/mol. The van der Waals surface area contributed by atoms with Gasteiger partial charge in [-0.3, -0.25) is 0 Å². The summed E-state index contributed by atoms with van der Waals surface area (Å²) in [4.78, 5) is 1.60. The summed E-state index contributed by atoms with van der Waals surface area (Å²) < 4.78 is 0. The van der Waals surface area contributed by atoms with Crippen molar-refractivity contribution in [2.45, 2.75) is 26.7 Å². The van der Waals surface area contributed by atoms with Crippen molar-refractivity contribution in [3.8, 4) is 0 Å². The lowest BCUT2D eigenvalue weighted by Gasteiger charge is -2.21. The summed E-state index contributed by atoms with van der Waals surface area (Å²) in [6.07, 6.45) is 2.69. The van der Waals surface area contributed by atoms with Crippen LogP contribution in [0.3, 0.4) is 0 Å². The molecule has 0 saturated carbocycles. The van der Waals surface area contributed by atoms with Crippen LogP contribution in [0.4, 0.5) is 0 Å². The van der Waals surface area contributed by atoms with E-state index in [0.29, 0.717) is 0 Å². The molecule has 1 nitrogen and oxygen atoms in total. The molecule has 0 aromatic rings. The first-order valence-corrected chi connectivity index (χ1v) is 3.71. The summed E-state index contributed by atoms with van der Waals surface area (Å²) in [7, 11) is 2.25. The number of allylic oxidation sites excluding steroid dienone is 2. The molecule has 0 aromatic carbocycles. The van der Waals surface area contributed by atoms with Crippen molar-refractivity contribution in [1.29, 1.82) is 0 Å². The first-order valence-electron chi connectivity index (χ1n) is 3.71. The molecule has 1 aliphatic rings. The maximum atomic E-state index is 2.25.